The largest absolute Gasteiger partial charge is 0.314 e. The predicted molar refractivity (Wildman–Crippen MR) is 88.4 cm³/mol. The molecular weight excluding hydrogens is 260 g/mol. The highest BCUT2D eigenvalue weighted by molar-refractivity contribution is 5.00. The number of hydrogen-bond acceptors (Lipinski definition) is 3. The molecule has 2 heterocycles. The normalized spacial score (nSPS) is 19.3. The van der Waals surface area contributed by atoms with Crippen LogP contribution in [0, 0.1) is 5.92 Å². The number of aromatic nitrogens is 2. The molecule has 0 saturated carbocycles. The Balaban J connectivity index is 1.75. The van der Waals surface area contributed by atoms with Gasteiger partial charge in [-0.3, -0.25) is 9.58 Å². The van der Waals surface area contributed by atoms with E-state index in [4.69, 9.17) is 0 Å². The molecule has 0 bridgehead atoms. The minimum Gasteiger partial charge on any atom is -0.314 e. The van der Waals surface area contributed by atoms with Gasteiger partial charge in [-0.15, -0.1) is 0 Å². The summed E-state index contributed by atoms with van der Waals surface area (Å²) in [5.41, 5.74) is 1.21. The molecule has 0 radical (unpaired) electrons. The Kier molecular flexibility index (Phi) is 6.24. The molecule has 1 aliphatic rings. The first-order chi connectivity index (χ1) is 10.1. The molecule has 1 N–H and O–H groups in total. The maximum absolute atomic E-state index is 4.66. The number of nitrogens with one attached hydrogen (secondary N) is 1. The van der Waals surface area contributed by atoms with E-state index in [0.717, 1.165) is 19.0 Å². The van der Waals surface area contributed by atoms with Gasteiger partial charge in [-0.2, -0.15) is 5.10 Å². The second-order valence-corrected chi connectivity index (χ2v) is 6.74. The lowest BCUT2D eigenvalue weighted by atomic mass is 9.90. The summed E-state index contributed by atoms with van der Waals surface area (Å²) in [4.78, 5) is 2.55. The molecule has 1 saturated heterocycles. The van der Waals surface area contributed by atoms with Crippen LogP contribution in [0.3, 0.4) is 0 Å². The fraction of sp³-hybridized carbons (Fsp3) is 0.824. The van der Waals surface area contributed by atoms with Gasteiger partial charge in [0.05, 0.1) is 5.69 Å². The summed E-state index contributed by atoms with van der Waals surface area (Å²) < 4.78 is 2.05. The van der Waals surface area contributed by atoms with Gasteiger partial charge >= 0.3 is 0 Å². The Morgan fingerprint density at radius 2 is 2.00 bits per heavy atom. The van der Waals surface area contributed by atoms with Crippen LogP contribution in [0.4, 0.5) is 0 Å². The summed E-state index contributed by atoms with van der Waals surface area (Å²) in [6.07, 6.45) is 5.94. The molecule has 0 spiro atoms. The SMILES string of the molecule is CCCNC(C)C1CCN(Cc2ccn(C(C)C)n2)CC1. The summed E-state index contributed by atoms with van der Waals surface area (Å²) in [6, 6.07) is 3.28. The summed E-state index contributed by atoms with van der Waals surface area (Å²) in [5.74, 6) is 0.834. The maximum Gasteiger partial charge on any atom is 0.0764 e. The van der Waals surface area contributed by atoms with Crippen LogP contribution in [0.2, 0.25) is 0 Å². The molecule has 1 aliphatic heterocycles. The molecule has 4 heteroatoms. The Morgan fingerprint density at radius 3 is 2.57 bits per heavy atom. The first-order valence-electron chi connectivity index (χ1n) is 8.60. The Hall–Kier alpha value is -0.870. The first kappa shape index (κ1) is 16.5. The van der Waals surface area contributed by atoms with Gasteiger partial charge in [0.25, 0.3) is 0 Å². The van der Waals surface area contributed by atoms with E-state index < -0.39 is 0 Å². The maximum atomic E-state index is 4.66. The lowest BCUT2D eigenvalue weighted by Gasteiger charge is -2.34. The number of nitrogens with zero attached hydrogens (tertiary/aromatic N) is 3. The van der Waals surface area contributed by atoms with Gasteiger partial charge in [-0.05, 0) is 71.7 Å². The molecule has 1 fully saturated rings. The van der Waals surface area contributed by atoms with E-state index in [1.54, 1.807) is 0 Å². The van der Waals surface area contributed by atoms with Crippen molar-refractivity contribution in [2.45, 2.75) is 65.6 Å². The Labute approximate surface area is 129 Å². The van der Waals surface area contributed by atoms with Crippen molar-refractivity contribution in [3.63, 3.8) is 0 Å². The quantitative estimate of drug-likeness (QED) is 0.838. The van der Waals surface area contributed by atoms with Crippen molar-refractivity contribution >= 4 is 0 Å². The van der Waals surface area contributed by atoms with Gasteiger partial charge in [-0.25, -0.2) is 0 Å². The third-order valence-electron chi connectivity index (χ3n) is 4.63. The van der Waals surface area contributed by atoms with Crippen molar-refractivity contribution in [1.29, 1.82) is 0 Å². The second kappa shape index (κ2) is 7.95. The van der Waals surface area contributed by atoms with Crippen LogP contribution in [0.1, 0.15) is 58.7 Å². The van der Waals surface area contributed by atoms with Gasteiger partial charge in [0.15, 0.2) is 0 Å². The second-order valence-electron chi connectivity index (χ2n) is 6.74. The topological polar surface area (TPSA) is 33.1 Å². The van der Waals surface area contributed by atoms with Crippen LogP contribution in [0.15, 0.2) is 12.3 Å². The van der Waals surface area contributed by atoms with Crippen molar-refractivity contribution in [2.24, 2.45) is 5.92 Å². The van der Waals surface area contributed by atoms with E-state index in [2.05, 4.69) is 60.0 Å². The molecule has 1 atom stereocenters. The van der Waals surface area contributed by atoms with Crippen LogP contribution in [-0.4, -0.2) is 40.4 Å². The highest BCUT2D eigenvalue weighted by Crippen LogP contribution is 2.21. The Bertz CT molecular complexity index is 405. The van der Waals surface area contributed by atoms with Gasteiger partial charge in [0.2, 0.25) is 0 Å². The number of rotatable bonds is 7. The molecule has 1 aromatic rings. The molecule has 0 amide bonds. The highest BCUT2D eigenvalue weighted by atomic mass is 15.3. The fourth-order valence-corrected chi connectivity index (χ4v) is 3.13. The predicted octanol–water partition coefficient (Wildman–Crippen LogP) is 3.06. The molecule has 1 unspecified atom stereocenters. The number of likely N-dealkylation sites (tertiary alicyclic amines) is 1. The van der Waals surface area contributed by atoms with E-state index in [-0.39, 0.29) is 0 Å². The summed E-state index contributed by atoms with van der Waals surface area (Å²) in [7, 11) is 0. The third kappa shape index (κ3) is 4.82. The van der Waals surface area contributed by atoms with E-state index in [9.17, 15) is 0 Å². The minimum absolute atomic E-state index is 0.454. The van der Waals surface area contributed by atoms with Crippen LogP contribution >= 0.6 is 0 Å². The van der Waals surface area contributed by atoms with Gasteiger partial charge in [0, 0.05) is 24.8 Å². The monoisotopic (exact) mass is 292 g/mol. The summed E-state index contributed by atoms with van der Waals surface area (Å²) in [6.45, 7) is 13.5. The summed E-state index contributed by atoms with van der Waals surface area (Å²) in [5, 5.41) is 8.31. The Morgan fingerprint density at radius 1 is 1.29 bits per heavy atom. The molecule has 0 aromatic carbocycles. The van der Waals surface area contributed by atoms with E-state index in [0.29, 0.717) is 12.1 Å². The van der Waals surface area contributed by atoms with Crippen LogP contribution in [-0.2, 0) is 6.54 Å². The molecule has 2 rings (SSSR count). The smallest absolute Gasteiger partial charge is 0.0764 e. The van der Waals surface area contributed by atoms with E-state index >= 15 is 0 Å². The molecule has 0 aliphatic carbocycles. The molecule has 1 aromatic heterocycles. The summed E-state index contributed by atoms with van der Waals surface area (Å²) >= 11 is 0. The van der Waals surface area contributed by atoms with Gasteiger partial charge in [-0.1, -0.05) is 6.92 Å². The lowest BCUT2D eigenvalue weighted by molar-refractivity contribution is 0.155. The van der Waals surface area contributed by atoms with Crippen molar-refractivity contribution in [3.05, 3.63) is 18.0 Å². The zero-order valence-corrected chi connectivity index (χ0v) is 14.2. The minimum atomic E-state index is 0.454. The molecule has 21 heavy (non-hydrogen) atoms. The standard InChI is InChI=1S/C17H32N4/c1-5-9-18-15(4)16-6-10-20(11-7-16)13-17-8-12-21(19-17)14(2)3/h8,12,14-16,18H,5-7,9-11,13H2,1-4H3. The van der Waals surface area contributed by atoms with Crippen LogP contribution < -0.4 is 5.32 Å². The van der Waals surface area contributed by atoms with Gasteiger partial charge in [0.1, 0.15) is 0 Å². The number of hydrogen-bond donors (Lipinski definition) is 1. The zero-order chi connectivity index (χ0) is 15.2. The highest BCUT2D eigenvalue weighted by Gasteiger charge is 2.23. The van der Waals surface area contributed by atoms with Crippen molar-refractivity contribution in [3.8, 4) is 0 Å². The average Bonchev–Trinajstić information content (AvgIpc) is 2.94. The molecule has 4 nitrogen and oxygen atoms in total. The van der Waals surface area contributed by atoms with Crippen molar-refractivity contribution < 1.29 is 0 Å². The van der Waals surface area contributed by atoms with Gasteiger partial charge < -0.3 is 5.32 Å². The fourth-order valence-electron chi connectivity index (χ4n) is 3.13. The first-order valence-corrected chi connectivity index (χ1v) is 8.60. The van der Waals surface area contributed by atoms with Crippen LogP contribution in [0.5, 0.6) is 0 Å². The lowest BCUT2D eigenvalue weighted by Crippen LogP contribution is -2.41. The third-order valence-corrected chi connectivity index (χ3v) is 4.63. The van der Waals surface area contributed by atoms with Crippen LogP contribution in [0.25, 0.3) is 0 Å². The van der Waals surface area contributed by atoms with E-state index in [1.165, 1.54) is 38.0 Å². The number of piperidine rings is 1. The zero-order valence-electron chi connectivity index (χ0n) is 14.2. The van der Waals surface area contributed by atoms with E-state index in [1.807, 2.05) is 0 Å². The molecule has 120 valence electrons. The van der Waals surface area contributed by atoms with Crippen molar-refractivity contribution in [2.75, 3.05) is 19.6 Å². The van der Waals surface area contributed by atoms with Crippen molar-refractivity contribution in [1.82, 2.24) is 20.0 Å². The molecular formula is C17H32N4. The average molecular weight is 292 g/mol.